The average Bonchev–Trinajstić information content (AvgIpc) is 3.20. The van der Waals surface area contributed by atoms with Gasteiger partial charge in [-0.2, -0.15) is 0 Å². The first-order chi connectivity index (χ1) is 27.6. The maximum atomic E-state index is 12.5. The molecule has 7 nitrogen and oxygen atoms in total. The number of rotatable bonds is 12. The lowest BCUT2D eigenvalue weighted by molar-refractivity contribution is -0.145. The molecule has 0 saturated carbocycles. The summed E-state index contributed by atoms with van der Waals surface area (Å²) in [5, 5.41) is 0. The molecule has 2 rings (SSSR count). The summed E-state index contributed by atoms with van der Waals surface area (Å²) in [5.41, 5.74) is 0. The summed E-state index contributed by atoms with van der Waals surface area (Å²) in [7, 11) is 0. The molecule has 2 heterocycles. The van der Waals surface area contributed by atoms with Gasteiger partial charge in [0.25, 0.3) is 0 Å². The molecule has 7 heteroatoms. The fraction of sp³-hybridized carbons (Fsp3) is 0.959. The molecule has 0 radical (unpaired) electrons. The van der Waals surface area contributed by atoms with Gasteiger partial charge in [0.2, 0.25) is 0 Å². The van der Waals surface area contributed by atoms with Gasteiger partial charge in [0.1, 0.15) is 0 Å². The molecule has 0 aliphatic carbocycles. The lowest BCUT2D eigenvalue weighted by atomic mass is 9.90. The van der Waals surface area contributed by atoms with Crippen molar-refractivity contribution in [3.63, 3.8) is 0 Å². The van der Waals surface area contributed by atoms with E-state index < -0.39 is 0 Å². The fourth-order valence-electron chi connectivity index (χ4n) is 8.77. The third kappa shape index (κ3) is 30.8. The fourth-order valence-corrected chi connectivity index (χ4v) is 8.77. The Morgan fingerprint density at radius 1 is 0.500 bits per heavy atom. The van der Waals surface area contributed by atoms with Crippen molar-refractivity contribution in [2.24, 2.45) is 11.8 Å². The van der Waals surface area contributed by atoms with E-state index in [-0.39, 0.29) is 11.9 Å². The Labute approximate surface area is 347 Å². The largest absolute Gasteiger partial charge is 0.466 e. The zero-order valence-electron chi connectivity index (χ0n) is 37.3. The molecule has 2 aliphatic heterocycles. The minimum atomic E-state index is 0.00601. The van der Waals surface area contributed by atoms with E-state index in [9.17, 15) is 9.59 Å². The van der Waals surface area contributed by atoms with Crippen LogP contribution < -0.4 is 0 Å². The Hall–Kier alpha value is -1.18. The van der Waals surface area contributed by atoms with Gasteiger partial charge in [0.05, 0.1) is 32.5 Å². The van der Waals surface area contributed by atoms with Gasteiger partial charge in [-0.15, -0.1) is 0 Å². The molecule has 0 amide bonds. The summed E-state index contributed by atoms with van der Waals surface area (Å²) in [6, 6.07) is 0. The second-order valence-electron chi connectivity index (χ2n) is 17.7. The SMILES string of the molecule is CCCCC1CCCCCCC(CCCC)CCOC(=O)CCCCCCCCCC(OCCCCN2CCOCC2)CCCCCCCCCC(=O)OCC1. The van der Waals surface area contributed by atoms with Crippen LogP contribution in [0.15, 0.2) is 0 Å². The van der Waals surface area contributed by atoms with Crippen molar-refractivity contribution in [3.05, 3.63) is 0 Å². The van der Waals surface area contributed by atoms with Gasteiger partial charge in [0.15, 0.2) is 0 Å². The predicted octanol–water partition coefficient (Wildman–Crippen LogP) is 13.3. The van der Waals surface area contributed by atoms with Gasteiger partial charge in [-0.05, 0) is 69.7 Å². The summed E-state index contributed by atoms with van der Waals surface area (Å²) >= 11 is 0. The Balaban J connectivity index is 1.78. The molecular weight excluding hydrogens is 699 g/mol. The van der Waals surface area contributed by atoms with Crippen LogP contribution in [0.4, 0.5) is 0 Å². The number of morpholine rings is 1. The lowest BCUT2D eigenvalue weighted by Crippen LogP contribution is -2.36. The molecule has 2 saturated heterocycles. The van der Waals surface area contributed by atoms with Gasteiger partial charge in [0, 0.05) is 32.5 Å². The number of carbonyl (C=O) groups excluding carboxylic acids is 2. The van der Waals surface area contributed by atoms with Crippen LogP contribution in [0.2, 0.25) is 0 Å². The van der Waals surface area contributed by atoms with E-state index in [0.29, 0.717) is 44.0 Å². The smallest absolute Gasteiger partial charge is 0.305 e. The van der Waals surface area contributed by atoms with Crippen LogP contribution in [0, 0.1) is 11.8 Å². The summed E-state index contributed by atoms with van der Waals surface area (Å²) in [5.74, 6) is 1.36. The first-order valence-corrected chi connectivity index (χ1v) is 24.8. The molecule has 0 aromatic carbocycles. The summed E-state index contributed by atoms with van der Waals surface area (Å²) in [6.07, 6.45) is 40.3. The van der Waals surface area contributed by atoms with Crippen molar-refractivity contribution >= 4 is 11.9 Å². The van der Waals surface area contributed by atoms with Gasteiger partial charge < -0.3 is 18.9 Å². The lowest BCUT2D eigenvalue weighted by Gasteiger charge is -2.26. The highest BCUT2D eigenvalue weighted by molar-refractivity contribution is 5.69. The average molecular weight is 792 g/mol. The quantitative estimate of drug-likeness (QED) is 0.144. The van der Waals surface area contributed by atoms with Gasteiger partial charge in [-0.3, -0.25) is 14.5 Å². The Morgan fingerprint density at radius 2 is 0.929 bits per heavy atom. The summed E-state index contributed by atoms with van der Waals surface area (Å²) in [4.78, 5) is 27.5. The summed E-state index contributed by atoms with van der Waals surface area (Å²) in [6.45, 7) is 11.7. The van der Waals surface area contributed by atoms with Crippen LogP contribution in [0.1, 0.15) is 232 Å². The van der Waals surface area contributed by atoms with Crippen molar-refractivity contribution in [2.75, 3.05) is 52.7 Å². The number of nitrogens with zero attached hydrogens (tertiary/aromatic N) is 1. The molecular formula is C49H93NO6. The molecule has 330 valence electrons. The number of ether oxygens (including phenoxy) is 4. The number of carbonyl (C=O) groups is 2. The zero-order chi connectivity index (χ0) is 40.0. The molecule has 2 fully saturated rings. The second-order valence-corrected chi connectivity index (χ2v) is 17.7. The first-order valence-electron chi connectivity index (χ1n) is 24.8. The minimum Gasteiger partial charge on any atom is -0.466 e. The standard InChI is InChI=1S/C49H93NO6/c1-3-5-27-45-29-19-17-18-20-30-46(28-6-4-2)36-42-56-49(52)34-24-16-12-8-10-14-22-32-47(54-40-26-25-37-50-38-43-53-44-39-50)31-21-13-9-7-11-15-23-33-48(51)55-41-35-45/h45-47H,3-44H2,1-2H3. The van der Waals surface area contributed by atoms with E-state index in [2.05, 4.69) is 18.7 Å². The molecule has 2 unspecified atom stereocenters. The third-order valence-corrected chi connectivity index (χ3v) is 12.6. The van der Waals surface area contributed by atoms with Gasteiger partial charge >= 0.3 is 11.9 Å². The number of hydrogen-bond acceptors (Lipinski definition) is 7. The third-order valence-electron chi connectivity index (χ3n) is 12.6. The van der Waals surface area contributed by atoms with Crippen molar-refractivity contribution in [2.45, 2.75) is 238 Å². The maximum Gasteiger partial charge on any atom is 0.305 e. The van der Waals surface area contributed by atoms with Crippen LogP contribution >= 0.6 is 0 Å². The van der Waals surface area contributed by atoms with Crippen molar-refractivity contribution in [1.29, 1.82) is 0 Å². The van der Waals surface area contributed by atoms with Crippen LogP contribution in [0.5, 0.6) is 0 Å². The van der Waals surface area contributed by atoms with Crippen LogP contribution in [0.3, 0.4) is 0 Å². The molecule has 0 aromatic heterocycles. The number of hydrogen-bond donors (Lipinski definition) is 0. The van der Waals surface area contributed by atoms with E-state index in [1.807, 2.05) is 0 Å². The van der Waals surface area contributed by atoms with E-state index in [0.717, 1.165) is 77.9 Å². The first kappa shape index (κ1) is 51.0. The zero-order valence-corrected chi connectivity index (χ0v) is 37.3. The van der Waals surface area contributed by atoms with Crippen LogP contribution in [0.25, 0.3) is 0 Å². The second kappa shape index (κ2) is 38.0. The number of cyclic esters (lactones) is 2. The topological polar surface area (TPSA) is 74.3 Å². The van der Waals surface area contributed by atoms with E-state index in [1.54, 1.807) is 0 Å². The Morgan fingerprint density at radius 3 is 1.39 bits per heavy atom. The highest BCUT2D eigenvalue weighted by Crippen LogP contribution is 2.24. The molecule has 0 bridgehead atoms. The molecule has 2 aliphatic rings. The minimum absolute atomic E-state index is 0.00601. The van der Waals surface area contributed by atoms with Gasteiger partial charge in [-0.1, -0.05) is 168 Å². The van der Waals surface area contributed by atoms with Crippen molar-refractivity contribution < 1.29 is 28.5 Å². The summed E-state index contributed by atoms with van der Waals surface area (Å²) < 4.78 is 23.5. The predicted molar refractivity (Wildman–Crippen MR) is 234 cm³/mol. The van der Waals surface area contributed by atoms with E-state index in [4.69, 9.17) is 18.9 Å². The van der Waals surface area contributed by atoms with Crippen molar-refractivity contribution in [3.8, 4) is 0 Å². The molecule has 56 heavy (non-hydrogen) atoms. The maximum absolute atomic E-state index is 12.5. The normalized spacial score (nSPS) is 25.3. The van der Waals surface area contributed by atoms with Gasteiger partial charge in [-0.25, -0.2) is 0 Å². The molecule has 0 aromatic rings. The molecule has 2 atom stereocenters. The highest BCUT2D eigenvalue weighted by Gasteiger charge is 2.14. The monoisotopic (exact) mass is 792 g/mol. The Bertz CT molecular complexity index is 823. The van der Waals surface area contributed by atoms with E-state index >= 15 is 0 Å². The van der Waals surface area contributed by atoms with Crippen molar-refractivity contribution in [1.82, 2.24) is 4.90 Å². The number of unbranched alkanes of at least 4 members (excludes halogenated alkanes) is 3. The Kier molecular flexibility index (Phi) is 34.6. The molecule has 0 N–H and O–H groups in total. The highest BCUT2D eigenvalue weighted by atomic mass is 16.5. The number of esters is 2. The van der Waals surface area contributed by atoms with E-state index in [1.165, 1.54) is 167 Å². The molecule has 0 spiro atoms. The van der Waals surface area contributed by atoms with Crippen LogP contribution in [-0.4, -0.2) is 75.6 Å². The van der Waals surface area contributed by atoms with Crippen LogP contribution in [-0.2, 0) is 28.5 Å².